The number of benzene rings is 1. The van der Waals surface area contributed by atoms with Gasteiger partial charge in [-0.15, -0.1) is 0 Å². The van der Waals surface area contributed by atoms with E-state index in [1.165, 1.54) is 6.07 Å². The number of nitrogen functional groups attached to an aromatic ring is 1. The van der Waals surface area contributed by atoms with Gasteiger partial charge in [-0.1, -0.05) is 11.6 Å². The molecule has 2 N–H and O–H groups in total. The standard InChI is InChI=1S/C12H17ClN2O2S/c1-8(2)15(3)12(16)7-18(17)11-5-4-9(13)6-10(11)14/h4-6,8H,7,14H2,1-3H3. The molecule has 100 valence electrons. The molecule has 0 aromatic heterocycles. The van der Waals surface area contributed by atoms with Crippen LogP contribution in [0.5, 0.6) is 0 Å². The molecule has 1 unspecified atom stereocenters. The molecular weight excluding hydrogens is 272 g/mol. The van der Waals surface area contributed by atoms with E-state index in [1.807, 2.05) is 13.8 Å². The van der Waals surface area contributed by atoms with Crippen molar-refractivity contribution < 1.29 is 9.00 Å². The van der Waals surface area contributed by atoms with Crippen molar-refractivity contribution in [3.63, 3.8) is 0 Å². The molecule has 1 atom stereocenters. The van der Waals surface area contributed by atoms with E-state index in [9.17, 15) is 9.00 Å². The van der Waals surface area contributed by atoms with Crippen molar-refractivity contribution in [2.75, 3.05) is 18.5 Å². The van der Waals surface area contributed by atoms with Gasteiger partial charge < -0.3 is 10.6 Å². The van der Waals surface area contributed by atoms with E-state index in [0.29, 0.717) is 15.6 Å². The summed E-state index contributed by atoms with van der Waals surface area (Å²) in [6, 6.07) is 4.82. The number of nitrogens with zero attached hydrogens (tertiary/aromatic N) is 1. The number of anilines is 1. The number of rotatable bonds is 4. The fourth-order valence-electron chi connectivity index (χ4n) is 1.31. The summed E-state index contributed by atoms with van der Waals surface area (Å²) >= 11 is 5.77. The summed E-state index contributed by atoms with van der Waals surface area (Å²) in [7, 11) is 0.245. The van der Waals surface area contributed by atoms with E-state index in [0.717, 1.165) is 0 Å². The second kappa shape index (κ2) is 6.20. The number of hydrogen-bond donors (Lipinski definition) is 1. The van der Waals surface area contributed by atoms with E-state index < -0.39 is 10.8 Å². The van der Waals surface area contributed by atoms with Crippen LogP contribution < -0.4 is 5.73 Å². The van der Waals surface area contributed by atoms with Crippen LogP contribution in [-0.2, 0) is 15.6 Å². The van der Waals surface area contributed by atoms with Gasteiger partial charge in [-0.3, -0.25) is 9.00 Å². The summed E-state index contributed by atoms with van der Waals surface area (Å²) in [6.07, 6.45) is 0. The molecule has 1 rings (SSSR count). The third kappa shape index (κ3) is 3.71. The molecule has 1 amide bonds. The molecule has 0 heterocycles. The van der Waals surface area contributed by atoms with E-state index >= 15 is 0 Å². The Morgan fingerprint density at radius 2 is 2.11 bits per heavy atom. The molecule has 4 nitrogen and oxygen atoms in total. The highest BCUT2D eigenvalue weighted by atomic mass is 35.5. The van der Waals surface area contributed by atoms with Crippen LogP contribution in [0.3, 0.4) is 0 Å². The molecule has 0 bridgehead atoms. The Labute approximate surface area is 115 Å². The second-order valence-electron chi connectivity index (χ2n) is 4.27. The van der Waals surface area contributed by atoms with Crippen LogP contribution in [0.4, 0.5) is 5.69 Å². The summed E-state index contributed by atoms with van der Waals surface area (Å²) in [5.74, 6) is -0.238. The van der Waals surface area contributed by atoms with Crippen molar-refractivity contribution in [2.24, 2.45) is 0 Å². The van der Waals surface area contributed by atoms with Crippen molar-refractivity contribution >= 4 is 34.0 Å². The number of carbonyl (C=O) groups excluding carboxylic acids is 1. The van der Waals surface area contributed by atoms with E-state index in [2.05, 4.69) is 0 Å². The molecule has 1 aromatic rings. The topological polar surface area (TPSA) is 63.4 Å². The Morgan fingerprint density at radius 1 is 1.50 bits per heavy atom. The lowest BCUT2D eigenvalue weighted by molar-refractivity contribution is -0.128. The monoisotopic (exact) mass is 288 g/mol. The van der Waals surface area contributed by atoms with Crippen LogP contribution in [0.1, 0.15) is 13.8 Å². The van der Waals surface area contributed by atoms with Crippen LogP contribution in [0.25, 0.3) is 0 Å². The van der Waals surface area contributed by atoms with Crippen molar-refractivity contribution in [2.45, 2.75) is 24.8 Å². The zero-order valence-corrected chi connectivity index (χ0v) is 12.2. The molecule has 0 saturated heterocycles. The molecular formula is C12H17ClN2O2S. The maximum atomic E-state index is 12.1. The van der Waals surface area contributed by atoms with Crippen LogP contribution >= 0.6 is 11.6 Å². The Morgan fingerprint density at radius 3 is 2.61 bits per heavy atom. The average molecular weight is 289 g/mol. The number of amides is 1. The van der Waals surface area contributed by atoms with Gasteiger partial charge >= 0.3 is 0 Å². The number of carbonyl (C=O) groups is 1. The summed E-state index contributed by atoms with van der Waals surface area (Å²) in [5.41, 5.74) is 6.08. The fraction of sp³-hybridized carbons (Fsp3) is 0.417. The van der Waals surface area contributed by atoms with Gasteiger partial charge in [0.25, 0.3) is 0 Å². The minimum absolute atomic E-state index is 0.0689. The van der Waals surface area contributed by atoms with Crippen LogP contribution in [0.15, 0.2) is 23.1 Å². The highest BCUT2D eigenvalue weighted by molar-refractivity contribution is 7.86. The molecule has 0 saturated carbocycles. The fourth-order valence-corrected chi connectivity index (χ4v) is 2.61. The molecule has 0 fully saturated rings. The maximum Gasteiger partial charge on any atom is 0.235 e. The lowest BCUT2D eigenvalue weighted by Crippen LogP contribution is -2.36. The number of hydrogen-bond acceptors (Lipinski definition) is 3. The summed E-state index contributed by atoms with van der Waals surface area (Å²) in [4.78, 5) is 13.8. The summed E-state index contributed by atoms with van der Waals surface area (Å²) in [6.45, 7) is 3.80. The van der Waals surface area contributed by atoms with E-state index in [-0.39, 0.29) is 17.7 Å². The third-order valence-corrected chi connectivity index (χ3v) is 4.25. The van der Waals surface area contributed by atoms with Crippen molar-refractivity contribution in [3.05, 3.63) is 23.2 Å². The molecule has 0 spiro atoms. The van der Waals surface area contributed by atoms with Gasteiger partial charge in [0.05, 0.1) is 15.7 Å². The molecule has 0 aliphatic heterocycles. The Hall–Kier alpha value is -1.07. The highest BCUT2D eigenvalue weighted by Crippen LogP contribution is 2.21. The van der Waals surface area contributed by atoms with Gasteiger partial charge in [0, 0.05) is 23.8 Å². The zero-order chi connectivity index (χ0) is 13.9. The maximum absolute atomic E-state index is 12.1. The molecule has 18 heavy (non-hydrogen) atoms. The highest BCUT2D eigenvalue weighted by Gasteiger charge is 2.17. The lowest BCUT2D eigenvalue weighted by atomic mass is 10.3. The summed E-state index contributed by atoms with van der Waals surface area (Å²) < 4.78 is 12.1. The van der Waals surface area contributed by atoms with Crippen molar-refractivity contribution in [1.29, 1.82) is 0 Å². The van der Waals surface area contributed by atoms with E-state index in [4.69, 9.17) is 17.3 Å². The van der Waals surface area contributed by atoms with Gasteiger partial charge in [0.1, 0.15) is 5.75 Å². The first-order valence-electron chi connectivity index (χ1n) is 5.52. The predicted molar refractivity (Wildman–Crippen MR) is 75.0 cm³/mol. The SMILES string of the molecule is CC(C)N(C)C(=O)CS(=O)c1ccc(Cl)cc1N. The normalized spacial score (nSPS) is 12.5. The van der Waals surface area contributed by atoms with Crippen LogP contribution in [0, 0.1) is 0 Å². The third-order valence-electron chi connectivity index (χ3n) is 2.64. The summed E-state index contributed by atoms with van der Waals surface area (Å²) in [5, 5.41) is 0.485. The second-order valence-corrected chi connectivity index (χ2v) is 6.13. The van der Waals surface area contributed by atoms with Crippen molar-refractivity contribution in [3.8, 4) is 0 Å². The van der Waals surface area contributed by atoms with Crippen LogP contribution in [0.2, 0.25) is 5.02 Å². The minimum atomic E-state index is -1.45. The molecule has 0 aliphatic rings. The zero-order valence-electron chi connectivity index (χ0n) is 10.6. The van der Waals surface area contributed by atoms with Gasteiger partial charge in [-0.2, -0.15) is 0 Å². The molecule has 0 radical (unpaired) electrons. The number of halogens is 1. The van der Waals surface area contributed by atoms with Crippen molar-refractivity contribution in [1.82, 2.24) is 4.90 Å². The van der Waals surface area contributed by atoms with Crippen LogP contribution in [-0.4, -0.2) is 33.9 Å². The quantitative estimate of drug-likeness (QED) is 0.861. The first kappa shape index (κ1) is 15.0. The van der Waals surface area contributed by atoms with E-state index in [1.54, 1.807) is 24.1 Å². The Balaban J connectivity index is 2.80. The Bertz CT molecular complexity index is 477. The predicted octanol–water partition coefficient (Wildman–Crippen LogP) is 1.90. The van der Waals surface area contributed by atoms with Gasteiger partial charge in [-0.25, -0.2) is 0 Å². The number of nitrogens with two attached hydrogens (primary N) is 1. The van der Waals surface area contributed by atoms with Gasteiger partial charge in [0.2, 0.25) is 5.91 Å². The molecule has 1 aromatic carbocycles. The average Bonchev–Trinajstić information content (AvgIpc) is 2.27. The smallest absolute Gasteiger partial charge is 0.235 e. The first-order chi connectivity index (χ1) is 8.32. The minimum Gasteiger partial charge on any atom is -0.398 e. The largest absolute Gasteiger partial charge is 0.398 e. The van der Waals surface area contributed by atoms with Gasteiger partial charge in [-0.05, 0) is 32.0 Å². The Kier molecular flexibility index (Phi) is 5.16. The lowest BCUT2D eigenvalue weighted by Gasteiger charge is -2.21. The first-order valence-corrected chi connectivity index (χ1v) is 7.21. The molecule has 6 heteroatoms. The molecule has 0 aliphatic carbocycles. The van der Waals surface area contributed by atoms with Gasteiger partial charge in [0.15, 0.2) is 0 Å².